The van der Waals surface area contributed by atoms with Crippen molar-refractivity contribution in [1.82, 2.24) is 10.2 Å². The molecule has 6 heteroatoms. The molecule has 3 saturated carbocycles. The summed E-state index contributed by atoms with van der Waals surface area (Å²) in [5.41, 5.74) is -0.0602. The van der Waals surface area contributed by atoms with E-state index in [1.54, 1.807) is 6.07 Å². The summed E-state index contributed by atoms with van der Waals surface area (Å²) in [6.45, 7) is 5.40. The minimum atomic E-state index is -0.656. The number of amides is 2. The molecule has 4 fully saturated rings. The third-order valence-electron chi connectivity index (χ3n) is 7.02. The second kappa shape index (κ2) is 6.48. The van der Waals surface area contributed by atoms with Crippen LogP contribution in [0.2, 0.25) is 0 Å². The van der Waals surface area contributed by atoms with Crippen molar-refractivity contribution in [3.63, 3.8) is 0 Å². The quantitative estimate of drug-likeness (QED) is 0.808. The highest BCUT2D eigenvalue weighted by atomic mass is 16.5. The van der Waals surface area contributed by atoms with Crippen molar-refractivity contribution in [2.24, 2.45) is 17.8 Å². The Labute approximate surface area is 165 Å². The van der Waals surface area contributed by atoms with Gasteiger partial charge in [-0.1, -0.05) is 12.1 Å². The molecule has 150 valence electrons. The molecule has 6 atom stereocenters. The number of carbonyl (C=O) groups is 2. The van der Waals surface area contributed by atoms with Gasteiger partial charge in [0, 0.05) is 31.3 Å². The standard InChI is InChI=1S/C22H28N2O4/c1-13-11-24(12-14(2)27-13)21(26)18-9-16-8-7-15(18)10-22(16)23-20(25)17-5-3-4-6-19(17)28-22/h3-6,13-16,18H,7-12H2,1-2H3,(H,23,25)/t13-,14+,15-,16+,18-,22+/m1/s1. The van der Waals surface area contributed by atoms with E-state index in [9.17, 15) is 9.59 Å². The summed E-state index contributed by atoms with van der Waals surface area (Å²) in [6.07, 6.45) is 3.68. The van der Waals surface area contributed by atoms with Crippen LogP contribution >= 0.6 is 0 Å². The molecule has 6 rings (SSSR count). The number of fused-ring (bicyclic) bond motifs is 3. The summed E-state index contributed by atoms with van der Waals surface area (Å²) in [5, 5.41) is 3.17. The van der Waals surface area contributed by atoms with E-state index in [2.05, 4.69) is 5.32 Å². The Morgan fingerprint density at radius 1 is 1.18 bits per heavy atom. The van der Waals surface area contributed by atoms with Gasteiger partial charge in [-0.15, -0.1) is 0 Å². The second-order valence-electron chi connectivity index (χ2n) is 9.02. The average Bonchev–Trinajstić information content (AvgIpc) is 2.67. The van der Waals surface area contributed by atoms with Crippen molar-refractivity contribution in [3.8, 4) is 5.75 Å². The molecule has 1 N–H and O–H groups in total. The van der Waals surface area contributed by atoms with Crippen LogP contribution in [0.15, 0.2) is 24.3 Å². The van der Waals surface area contributed by atoms with Crippen molar-refractivity contribution in [1.29, 1.82) is 0 Å². The fourth-order valence-electron chi connectivity index (χ4n) is 5.85. The van der Waals surface area contributed by atoms with Gasteiger partial charge in [0.1, 0.15) is 5.75 Å². The molecule has 2 amide bonds. The van der Waals surface area contributed by atoms with Crippen LogP contribution in [0.5, 0.6) is 5.75 Å². The normalized spacial score (nSPS) is 39.3. The van der Waals surface area contributed by atoms with Crippen molar-refractivity contribution < 1.29 is 19.1 Å². The first-order valence-electron chi connectivity index (χ1n) is 10.5. The van der Waals surface area contributed by atoms with Gasteiger partial charge in [0.15, 0.2) is 5.72 Å². The first-order chi connectivity index (χ1) is 13.4. The van der Waals surface area contributed by atoms with Gasteiger partial charge in [-0.2, -0.15) is 0 Å². The van der Waals surface area contributed by atoms with Crippen LogP contribution < -0.4 is 10.1 Å². The van der Waals surface area contributed by atoms with Gasteiger partial charge in [-0.25, -0.2) is 0 Å². The van der Waals surface area contributed by atoms with E-state index in [0.717, 1.165) is 19.3 Å². The van der Waals surface area contributed by atoms with E-state index >= 15 is 0 Å². The number of hydrogen-bond acceptors (Lipinski definition) is 4. The number of morpholine rings is 1. The van der Waals surface area contributed by atoms with E-state index in [-0.39, 0.29) is 41.8 Å². The predicted molar refractivity (Wildman–Crippen MR) is 103 cm³/mol. The number of nitrogens with zero attached hydrogens (tertiary/aromatic N) is 1. The monoisotopic (exact) mass is 384 g/mol. The molecule has 2 aliphatic heterocycles. The number of para-hydroxylation sites is 1. The Kier molecular flexibility index (Phi) is 4.16. The summed E-state index contributed by atoms with van der Waals surface area (Å²) in [6, 6.07) is 7.42. The van der Waals surface area contributed by atoms with Crippen molar-refractivity contribution in [2.75, 3.05) is 13.1 Å². The van der Waals surface area contributed by atoms with Gasteiger partial charge in [0.2, 0.25) is 5.91 Å². The van der Waals surface area contributed by atoms with E-state index in [1.807, 2.05) is 36.9 Å². The van der Waals surface area contributed by atoms with E-state index in [1.165, 1.54) is 0 Å². The molecule has 2 bridgehead atoms. The minimum absolute atomic E-state index is 0.0274. The molecule has 0 radical (unpaired) electrons. The Balaban J connectivity index is 1.36. The lowest BCUT2D eigenvalue weighted by atomic mass is 9.59. The fourth-order valence-corrected chi connectivity index (χ4v) is 5.85. The molecule has 3 aliphatic carbocycles. The second-order valence-corrected chi connectivity index (χ2v) is 9.02. The maximum atomic E-state index is 13.3. The predicted octanol–water partition coefficient (Wildman–Crippen LogP) is 2.58. The van der Waals surface area contributed by atoms with Gasteiger partial charge in [0.05, 0.1) is 17.8 Å². The summed E-state index contributed by atoms with van der Waals surface area (Å²) in [4.78, 5) is 28.0. The average molecular weight is 384 g/mol. The largest absolute Gasteiger partial charge is 0.467 e. The first-order valence-corrected chi connectivity index (χ1v) is 10.5. The molecule has 6 nitrogen and oxygen atoms in total. The van der Waals surface area contributed by atoms with Crippen LogP contribution in [0.1, 0.15) is 49.9 Å². The van der Waals surface area contributed by atoms with E-state index < -0.39 is 5.72 Å². The van der Waals surface area contributed by atoms with Gasteiger partial charge in [0.25, 0.3) is 5.91 Å². The molecular weight excluding hydrogens is 356 g/mol. The van der Waals surface area contributed by atoms with Gasteiger partial charge in [-0.05, 0) is 51.2 Å². The van der Waals surface area contributed by atoms with Crippen LogP contribution in [-0.2, 0) is 9.53 Å². The zero-order valence-corrected chi connectivity index (χ0v) is 16.5. The van der Waals surface area contributed by atoms with Crippen LogP contribution in [0.4, 0.5) is 0 Å². The van der Waals surface area contributed by atoms with Crippen LogP contribution in [0.25, 0.3) is 0 Å². The van der Waals surface area contributed by atoms with Crippen molar-refractivity contribution in [2.45, 2.75) is 57.5 Å². The Bertz CT molecular complexity index is 801. The molecule has 5 aliphatic rings. The van der Waals surface area contributed by atoms with Crippen LogP contribution in [0.3, 0.4) is 0 Å². The Hall–Kier alpha value is -2.08. The van der Waals surface area contributed by atoms with Gasteiger partial charge >= 0.3 is 0 Å². The highest BCUT2D eigenvalue weighted by Crippen LogP contribution is 2.52. The Morgan fingerprint density at radius 2 is 1.93 bits per heavy atom. The summed E-state index contributed by atoms with van der Waals surface area (Å²) >= 11 is 0. The molecule has 0 unspecified atom stereocenters. The lowest BCUT2D eigenvalue weighted by Gasteiger charge is -2.55. The number of hydrogen-bond donors (Lipinski definition) is 1. The minimum Gasteiger partial charge on any atom is -0.467 e. The smallest absolute Gasteiger partial charge is 0.258 e. The molecule has 1 saturated heterocycles. The molecule has 0 aromatic heterocycles. The third-order valence-corrected chi connectivity index (χ3v) is 7.02. The number of rotatable bonds is 1. The van der Waals surface area contributed by atoms with Crippen LogP contribution in [-0.4, -0.2) is 47.7 Å². The zero-order chi connectivity index (χ0) is 19.5. The van der Waals surface area contributed by atoms with Gasteiger partial charge < -0.3 is 19.7 Å². The summed E-state index contributed by atoms with van der Waals surface area (Å²) < 4.78 is 12.2. The molecular formula is C22H28N2O4. The molecule has 1 aromatic carbocycles. The molecule has 28 heavy (non-hydrogen) atoms. The lowest BCUT2D eigenvalue weighted by molar-refractivity contribution is -0.164. The summed E-state index contributed by atoms with van der Waals surface area (Å²) in [7, 11) is 0. The number of nitrogens with one attached hydrogen (secondary N) is 1. The molecule has 1 aromatic rings. The van der Waals surface area contributed by atoms with Crippen molar-refractivity contribution in [3.05, 3.63) is 29.8 Å². The highest BCUT2D eigenvalue weighted by molar-refractivity contribution is 5.98. The SMILES string of the molecule is C[C@@H]1CN(C(=O)[C@@H]2C[C@@H]3CC[C@@H]2C[C@@]32NC(=O)c3ccccc3O2)C[C@H](C)O1. The van der Waals surface area contributed by atoms with Crippen molar-refractivity contribution >= 4 is 11.8 Å². The molecule has 2 heterocycles. The first kappa shape index (κ1) is 18.0. The lowest BCUT2D eigenvalue weighted by Crippen LogP contribution is -2.67. The van der Waals surface area contributed by atoms with E-state index in [0.29, 0.717) is 30.8 Å². The number of carbonyl (C=O) groups excluding carboxylic acids is 2. The number of benzene rings is 1. The van der Waals surface area contributed by atoms with E-state index in [4.69, 9.17) is 9.47 Å². The summed E-state index contributed by atoms with van der Waals surface area (Å²) in [5.74, 6) is 1.30. The maximum absolute atomic E-state index is 13.3. The topological polar surface area (TPSA) is 67.9 Å². The maximum Gasteiger partial charge on any atom is 0.258 e. The molecule has 1 spiro atoms. The zero-order valence-electron chi connectivity index (χ0n) is 16.5. The highest BCUT2D eigenvalue weighted by Gasteiger charge is 2.57. The number of ether oxygens (including phenoxy) is 2. The Morgan fingerprint density at radius 3 is 2.64 bits per heavy atom. The van der Waals surface area contributed by atoms with Gasteiger partial charge in [-0.3, -0.25) is 9.59 Å². The fraction of sp³-hybridized carbons (Fsp3) is 0.636. The van der Waals surface area contributed by atoms with Crippen LogP contribution in [0, 0.1) is 17.8 Å². The third kappa shape index (κ3) is 2.81.